The summed E-state index contributed by atoms with van der Waals surface area (Å²) in [5.74, 6) is -1.46. The number of hydrogen-bond donors (Lipinski definition) is 2. The van der Waals surface area contributed by atoms with Crippen LogP contribution in [0.1, 0.15) is 37.0 Å². The highest BCUT2D eigenvalue weighted by molar-refractivity contribution is 5.96. The summed E-state index contributed by atoms with van der Waals surface area (Å²) in [5, 5.41) is 1.95. The fraction of sp³-hybridized carbons (Fsp3) is 0.471. The SMILES string of the molecule is CC(C)[C@H](OC(=O)Cc1ccc2c(c1)CCC2)C(=O)NC(N)=O. The summed E-state index contributed by atoms with van der Waals surface area (Å²) < 4.78 is 5.24. The summed E-state index contributed by atoms with van der Waals surface area (Å²) in [6.45, 7) is 3.46. The highest BCUT2D eigenvalue weighted by Crippen LogP contribution is 2.23. The molecule has 1 aromatic rings. The molecule has 6 heteroatoms. The van der Waals surface area contributed by atoms with Crippen LogP contribution in [-0.2, 0) is 33.6 Å². The summed E-state index contributed by atoms with van der Waals surface area (Å²) in [4.78, 5) is 34.7. The van der Waals surface area contributed by atoms with Gasteiger partial charge in [0.1, 0.15) is 0 Å². The molecule has 0 spiro atoms. The molecule has 1 aliphatic carbocycles. The minimum atomic E-state index is -1.04. The summed E-state index contributed by atoms with van der Waals surface area (Å²) in [7, 11) is 0. The zero-order valence-corrected chi connectivity index (χ0v) is 13.4. The smallest absolute Gasteiger partial charge is 0.318 e. The number of primary amides is 1. The molecule has 3 N–H and O–H groups in total. The van der Waals surface area contributed by atoms with Gasteiger partial charge in [-0.15, -0.1) is 0 Å². The molecule has 0 bridgehead atoms. The molecular weight excluding hydrogens is 296 g/mol. The van der Waals surface area contributed by atoms with Crippen molar-refractivity contribution in [3.8, 4) is 0 Å². The first kappa shape index (κ1) is 17.0. The van der Waals surface area contributed by atoms with Crippen molar-refractivity contribution in [3.63, 3.8) is 0 Å². The van der Waals surface area contributed by atoms with E-state index in [2.05, 4.69) is 0 Å². The molecule has 1 aliphatic rings. The molecule has 1 aromatic carbocycles. The molecule has 3 amide bonds. The summed E-state index contributed by atoms with van der Waals surface area (Å²) >= 11 is 0. The lowest BCUT2D eigenvalue weighted by Gasteiger charge is -2.20. The van der Waals surface area contributed by atoms with Gasteiger partial charge in [0, 0.05) is 0 Å². The highest BCUT2D eigenvalue weighted by Gasteiger charge is 2.27. The van der Waals surface area contributed by atoms with Gasteiger partial charge >= 0.3 is 12.0 Å². The Morgan fingerprint density at radius 3 is 2.57 bits per heavy atom. The Balaban J connectivity index is 1.99. The van der Waals surface area contributed by atoms with Crippen LogP contribution in [0.4, 0.5) is 4.79 Å². The van der Waals surface area contributed by atoms with E-state index in [1.54, 1.807) is 13.8 Å². The number of imide groups is 1. The van der Waals surface area contributed by atoms with Gasteiger partial charge in [0.2, 0.25) is 0 Å². The molecule has 0 aromatic heterocycles. The normalized spacial score (nSPS) is 14.2. The number of ether oxygens (including phenoxy) is 1. The molecule has 2 rings (SSSR count). The van der Waals surface area contributed by atoms with Gasteiger partial charge in [-0.3, -0.25) is 14.9 Å². The molecule has 0 saturated heterocycles. The molecule has 124 valence electrons. The average molecular weight is 318 g/mol. The van der Waals surface area contributed by atoms with Crippen LogP contribution >= 0.6 is 0 Å². The van der Waals surface area contributed by atoms with Crippen LogP contribution in [0.3, 0.4) is 0 Å². The number of carbonyl (C=O) groups is 3. The quantitative estimate of drug-likeness (QED) is 0.803. The summed E-state index contributed by atoms with van der Waals surface area (Å²) in [6.07, 6.45) is 2.33. The lowest BCUT2D eigenvalue weighted by atomic mass is 10.0. The average Bonchev–Trinajstić information content (AvgIpc) is 2.91. The lowest BCUT2D eigenvalue weighted by Crippen LogP contribution is -2.45. The molecule has 23 heavy (non-hydrogen) atoms. The van der Waals surface area contributed by atoms with E-state index in [9.17, 15) is 14.4 Å². The van der Waals surface area contributed by atoms with Crippen molar-refractivity contribution in [2.75, 3.05) is 0 Å². The third-order valence-corrected chi connectivity index (χ3v) is 3.88. The zero-order chi connectivity index (χ0) is 17.0. The minimum Gasteiger partial charge on any atom is -0.452 e. The number of nitrogens with two attached hydrogens (primary N) is 1. The van der Waals surface area contributed by atoms with Crippen LogP contribution in [0.5, 0.6) is 0 Å². The third-order valence-electron chi connectivity index (χ3n) is 3.88. The zero-order valence-electron chi connectivity index (χ0n) is 13.4. The van der Waals surface area contributed by atoms with E-state index < -0.39 is 24.0 Å². The maximum atomic E-state index is 12.1. The van der Waals surface area contributed by atoms with E-state index in [4.69, 9.17) is 10.5 Å². The van der Waals surface area contributed by atoms with E-state index >= 15 is 0 Å². The predicted octanol–water partition coefficient (Wildman–Crippen LogP) is 1.48. The largest absolute Gasteiger partial charge is 0.452 e. The van der Waals surface area contributed by atoms with E-state index in [-0.39, 0.29) is 12.3 Å². The number of carbonyl (C=O) groups excluding carboxylic acids is 3. The monoisotopic (exact) mass is 318 g/mol. The molecule has 0 heterocycles. The Hall–Kier alpha value is -2.37. The van der Waals surface area contributed by atoms with Gasteiger partial charge in [-0.05, 0) is 41.9 Å². The first-order valence-electron chi connectivity index (χ1n) is 7.77. The maximum absolute atomic E-state index is 12.1. The number of rotatable bonds is 5. The van der Waals surface area contributed by atoms with Gasteiger partial charge in [-0.1, -0.05) is 32.0 Å². The molecule has 0 unspecified atom stereocenters. The third kappa shape index (κ3) is 4.55. The fourth-order valence-electron chi connectivity index (χ4n) is 2.77. The van der Waals surface area contributed by atoms with Gasteiger partial charge in [-0.25, -0.2) is 4.79 Å². The van der Waals surface area contributed by atoms with Gasteiger partial charge in [0.25, 0.3) is 5.91 Å². The number of esters is 1. The summed E-state index contributed by atoms with van der Waals surface area (Å²) in [6, 6.07) is 5.02. The van der Waals surface area contributed by atoms with Crippen molar-refractivity contribution in [1.82, 2.24) is 5.32 Å². The maximum Gasteiger partial charge on any atom is 0.318 e. The number of hydrogen-bond acceptors (Lipinski definition) is 4. The second-order valence-electron chi connectivity index (χ2n) is 6.14. The van der Waals surface area contributed by atoms with E-state index in [1.807, 2.05) is 23.5 Å². The van der Waals surface area contributed by atoms with Crippen molar-refractivity contribution < 1.29 is 19.1 Å². The standard InChI is InChI=1S/C17H22N2O4/c1-10(2)15(16(21)19-17(18)22)23-14(20)9-11-6-7-12-4-3-5-13(12)8-11/h6-8,10,15H,3-5,9H2,1-2H3,(H3,18,19,21,22)/t15-/m0/s1. The number of fused-ring (bicyclic) bond motifs is 1. The van der Waals surface area contributed by atoms with Crippen LogP contribution in [-0.4, -0.2) is 24.0 Å². The second-order valence-corrected chi connectivity index (χ2v) is 6.14. The Labute approximate surface area is 135 Å². The van der Waals surface area contributed by atoms with Crippen molar-refractivity contribution in [2.45, 2.75) is 45.6 Å². The Morgan fingerprint density at radius 1 is 1.22 bits per heavy atom. The number of amides is 3. The van der Waals surface area contributed by atoms with Crippen LogP contribution < -0.4 is 11.1 Å². The number of benzene rings is 1. The van der Waals surface area contributed by atoms with Crippen molar-refractivity contribution in [3.05, 3.63) is 34.9 Å². The Bertz CT molecular complexity index is 625. The van der Waals surface area contributed by atoms with E-state index in [1.165, 1.54) is 11.1 Å². The molecule has 1 atom stereocenters. The number of aryl methyl sites for hydroxylation is 2. The van der Waals surface area contributed by atoms with Crippen LogP contribution in [0.15, 0.2) is 18.2 Å². The van der Waals surface area contributed by atoms with Gasteiger partial charge in [0.15, 0.2) is 6.10 Å². The summed E-state index contributed by atoms with van der Waals surface area (Å²) in [5.41, 5.74) is 8.41. The van der Waals surface area contributed by atoms with Crippen molar-refractivity contribution in [1.29, 1.82) is 0 Å². The number of nitrogens with one attached hydrogen (secondary N) is 1. The lowest BCUT2D eigenvalue weighted by molar-refractivity contribution is -0.157. The van der Waals surface area contributed by atoms with Gasteiger partial charge in [0.05, 0.1) is 6.42 Å². The highest BCUT2D eigenvalue weighted by atomic mass is 16.5. The molecular formula is C17H22N2O4. The molecule has 6 nitrogen and oxygen atoms in total. The van der Waals surface area contributed by atoms with E-state index in [0.29, 0.717) is 0 Å². The van der Waals surface area contributed by atoms with E-state index in [0.717, 1.165) is 24.8 Å². The van der Waals surface area contributed by atoms with Crippen LogP contribution in [0, 0.1) is 5.92 Å². The molecule has 0 saturated carbocycles. The van der Waals surface area contributed by atoms with Crippen LogP contribution in [0.25, 0.3) is 0 Å². The first-order chi connectivity index (χ1) is 10.9. The fourth-order valence-corrected chi connectivity index (χ4v) is 2.77. The van der Waals surface area contributed by atoms with Gasteiger partial charge < -0.3 is 10.5 Å². The van der Waals surface area contributed by atoms with Crippen molar-refractivity contribution in [2.24, 2.45) is 11.7 Å². The minimum absolute atomic E-state index is 0.0976. The van der Waals surface area contributed by atoms with Gasteiger partial charge in [-0.2, -0.15) is 0 Å². The topological polar surface area (TPSA) is 98.5 Å². The van der Waals surface area contributed by atoms with Crippen molar-refractivity contribution >= 4 is 17.9 Å². The molecule has 0 radical (unpaired) electrons. The molecule has 0 aliphatic heterocycles. The number of urea groups is 1. The first-order valence-corrected chi connectivity index (χ1v) is 7.77. The second kappa shape index (κ2) is 7.26. The Kier molecular flexibility index (Phi) is 5.36. The van der Waals surface area contributed by atoms with Crippen LogP contribution in [0.2, 0.25) is 0 Å². The molecule has 0 fully saturated rings. The predicted molar refractivity (Wildman–Crippen MR) is 84.6 cm³/mol. The Morgan fingerprint density at radius 2 is 1.91 bits per heavy atom.